The first-order valence-electron chi connectivity index (χ1n) is 9.27. The molecule has 2 atom stereocenters. The van der Waals surface area contributed by atoms with Gasteiger partial charge in [-0.05, 0) is 42.5 Å². The lowest BCUT2D eigenvalue weighted by Crippen LogP contribution is -2.46. The first-order chi connectivity index (χ1) is 14.1. The fourth-order valence-corrected chi connectivity index (χ4v) is 4.90. The molecule has 1 aromatic carbocycles. The molecule has 1 amide bonds. The summed E-state index contributed by atoms with van der Waals surface area (Å²) < 4.78 is 38.4. The second-order valence-electron chi connectivity index (χ2n) is 8.13. The Hall–Kier alpha value is -3.46. The highest BCUT2D eigenvalue weighted by atomic mass is 19.4. The van der Waals surface area contributed by atoms with Crippen LogP contribution in [0.1, 0.15) is 60.9 Å². The highest BCUT2D eigenvalue weighted by Gasteiger charge is 2.68. The fraction of sp³-hybridized carbons (Fsp3) is 0.381. The third-order valence-corrected chi connectivity index (χ3v) is 6.51. The molecule has 1 N–H and O–H groups in total. The van der Waals surface area contributed by atoms with Crippen LogP contribution < -0.4 is 5.32 Å². The minimum absolute atomic E-state index is 0.0714. The molecular formula is C21H16F3N5O. The summed E-state index contributed by atoms with van der Waals surface area (Å²) in [6.07, 6.45) is -3.34. The van der Waals surface area contributed by atoms with E-state index in [1.807, 2.05) is 26.0 Å². The van der Waals surface area contributed by atoms with Crippen LogP contribution in [0.25, 0.3) is 0 Å². The number of anilines is 1. The van der Waals surface area contributed by atoms with Crippen molar-refractivity contribution in [2.75, 3.05) is 5.32 Å². The smallest absolute Gasteiger partial charge is 0.325 e. The number of nitrogens with zero attached hydrogens (tertiary/aromatic N) is 4. The van der Waals surface area contributed by atoms with E-state index in [1.54, 1.807) is 0 Å². The van der Waals surface area contributed by atoms with Crippen LogP contribution in [0.3, 0.4) is 0 Å². The normalized spacial score (nSPS) is 23.4. The lowest BCUT2D eigenvalue weighted by atomic mass is 9.67. The van der Waals surface area contributed by atoms with Gasteiger partial charge in [0.2, 0.25) is 5.91 Å². The minimum atomic E-state index is -4.46. The van der Waals surface area contributed by atoms with Crippen molar-refractivity contribution < 1.29 is 18.0 Å². The molecule has 1 aromatic heterocycles. The van der Waals surface area contributed by atoms with Crippen LogP contribution in [-0.4, -0.2) is 15.9 Å². The molecule has 4 rings (SSSR count). The molecule has 0 saturated heterocycles. The SMILES string of the molecule is CC1(C)[C@H]2CC[C@@]1(C(=O)Nc1ccc(C(F)(F)F)cc1)c1nc(C#N)c(C#N)nc12. The van der Waals surface area contributed by atoms with Crippen LogP contribution in [0, 0.1) is 28.1 Å². The van der Waals surface area contributed by atoms with Crippen molar-refractivity contribution in [3.05, 3.63) is 52.6 Å². The van der Waals surface area contributed by atoms with Crippen LogP contribution in [0.5, 0.6) is 0 Å². The van der Waals surface area contributed by atoms with E-state index in [-0.39, 0.29) is 23.0 Å². The first-order valence-corrected chi connectivity index (χ1v) is 9.27. The number of halogens is 3. The number of amides is 1. The van der Waals surface area contributed by atoms with E-state index in [0.29, 0.717) is 24.2 Å². The number of aromatic nitrogens is 2. The Bertz CT molecular complexity index is 1140. The molecule has 0 aliphatic heterocycles. The van der Waals surface area contributed by atoms with Gasteiger partial charge in [-0.15, -0.1) is 0 Å². The Morgan fingerprint density at radius 1 is 1.13 bits per heavy atom. The monoisotopic (exact) mass is 411 g/mol. The number of carbonyl (C=O) groups excluding carboxylic acids is 1. The highest BCUT2D eigenvalue weighted by Crippen LogP contribution is 2.67. The lowest BCUT2D eigenvalue weighted by molar-refractivity contribution is -0.137. The van der Waals surface area contributed by atoms with Crippen molar-refractivity contribution in [2.24, 2.45) is 5.41 Å². The number of alkyl halides is 3. The zero-order valence-corrected chi connectivity index (χ0v) is 16.1. The Morgan fingerprint density at radius 2 is 1.73 bits per heavy atom. The van der Waals surface area contributed by atoms with E-state index < -0.39 is 28.5 Å². The Labute approximate surface area is 170 Å². The summed E-state index contributed by atoms with van der Waals surface area (Å²) in [4.78, 5) is 22.1. The number of benzene rings is 1. The van der Waals surface area contributed by atoms with Gasteiger partial charge in [-0.3, -0.25) is 4.79 Å². The highest BCUT2D eigenvalue weighted by molar-refractivity contribution is 6.01. The number of nitriles is 2. The fourth-order valence-electron chi connectivity index (χ4n) is 4.90. The van der Waals surface area contributed by atoms with E-state index in [2.05, 4.69) is 15.3 Å². The number of nitrogens with one attached hydrogen (secondary N) is 1. The number of rotatable bonds is 2. The molecule has 9 heteroatoms. The zero-order valence-electron chi connectivity index (χ0n) is 16.1. The molecule has 0 spiro atoms. The van der Waals surface area contributed by atoms with Crippen molar-refractivity contribution in [3.63, 3.8) is 0 Å². The predicted molar refractivity (Wildman–Crippen MR) is 99.0 cm³/mol. The molecule has 152 valence electrons. The molecule has 1 saturated carbocycles. The largest absolute Gasteiger partial charge is 0.416 e. The zero-order chi connectivity index (χ0) is 21.9. The maximum atomic E-state index is 13.5. The molecule has 2 aromatic rings. The van der Waals surface area contributed by atoms with Gasteiger partial charge >= 0.3 is 6.18 Å². The van der Waals surface area contributed by atoms with Crippen molar-refractivity contribution in [1.29, 1.82) is 10.5 Å². The lowest BCUT2D eigenvalue weighted by Gasteiger charge is -2.36. The van der Waals surface area contributed by atoms with Gasteiger partial charge in [0, 0.05) is 11.6 Å². The molecule has 1 heterocycles. The van der Waals surface area contributed by atoms with Crippen LogP contribution in [0.15, 0.2) is 24.3 Å². The molecule has 30 heavy (non-hydrogen) atoms. The number of fused-ring (bicyclic) bond motifs is 5. The van der Waals surface area contributed by atoms with Gasteiger partial charge in [0.25, 0.3) is 0 Å². The van der Waals surface area contributed by atoms with Gasteiger partial charge < -0.3 is 5.32 Å². The Kier molecular flexibility index (Phi) is 4.14. The summed E-state index contributed by atoms with van der Waals surface area (Å²) in [5, 5.41) is 21.3. The molecule has 1 fully saturated rings. The van der Waals surface area contributed by atoms with Gasteiger partial charge in [0.15, 0.2) is 11.4 Å². The molecule has 2 bridgehead atoms. The molecular weight excluding hydrogens is 395 g/mol. The van der Waals surface area contributed by atoms with Crippen molar-refractivity contribution >= 4 is 11.6 Å². The number of hydrogen-bond donors (Lipinski definition) is 1. The average Bonchev–Trinajstić information content (AvgIpc) is 3.08. The Balaban J connectivity index is 1.76. The third kappa shape index (κ3) is 2.51. The van der Waals surface area contributed by atoms with E-state index >= 15 is 0 Å². The first kappa shape index (κ1) is 19.8. The van der Waals surface area contributed by atoms with Gasteiger partial charge in [-0.2, -0.15) is 23.7 Å². The number of carbonyl (C=O) groups is 1. The van der Waals surface area contributed by atoms with E-state index in [0.717, 1.165) is 12.1 Å². The van der Waals surface area contributed by atoms with Gasteiger partial charge in [-0.25, -0.2) is 9.97 Å². The molecule has 0 radical (unpaired) electrons. The predicted octanol–water partition coefficient (Wildman–Crippen LogP) is 4.03. The Morgan fingerprint density at radius 3 is 2.30 bits per heavy atom. The van der Waals surface area contributed by atoms with Gasteiger partial charge in [0.05, 0.1) is 22.4 Å². The van der Waals surface area contributed by atoms with Crippen LogP contribution in [-0.2, 0) is 16.4 Å². The average molecular weight is 411 g/mol. The second kappa shape index (κ2) is 6.27. The van der Waals surface area contributed by atoms with E-state index in [9.17, 15) is 28.5 Å². The molecule has 2 aliphatic carbocycles. The van der Waals surface area contributed by atoms with Gasteiger partial charge in [-0.1, -0.05) is 13.8 Å². The summed E-state index contributed by atoms with van der Waals surface area (Å²) in [5.74, 6) is -0.519. The molecule has 6 nitrogen and oxygen atoms in total. The topological polar surface area (TPSA) is 102 Å². The van der Waals surface area contributed by atoms with E-state index in [4.69, 9.17) is 0 Å². The summed E-state index contributed by atoms with van der Waals surface area (Å²) in [5.41, 5.74) is -1.54. The summed E-state index contributed by atoms with van der Waals surface area (Å²) in [6, 6.07) is 7.96. The third-order valence-electron chi connectivity index (χ3n) is 6.51. The standard InChI is InChI=1S/C21H16F3N5O/c1-19(2)13-7-8-20(19,17-16(13)28-14(9-25)15(10-26)29-17)18(30)27-12-5-3-11(4-6-12)21(22,23)24/h3-6,13H,7-8H2,1-2H3,(H,27,30)/t13-,20-/m0/s1. The van der Waals surface area contributed by atoms with E-state index in [1.165, 1.54) is 12.1 Å². The maximum absolute atomic E-state index is 13.5. The van der Waals surface area contributed by atoms with Crippen LogP contribution in [0.4, 0.5) is 18.9 Å². The van der Waals surface area contributed by atoms with Gasteiger partial charge in [0.1, 0.15) is 12.1 Å². The van der Waals surface area contributed by atoms with Crippen molar-refractivity contribution in [3.8, 4) is 12.1 Å². The van der Waals surface area contributed by atoms with Crippen molar-refractivity contribution in [1.82, 2.24) is 9.97 Å². The second-order valence-corrected chi connectivity index (χ2v) is 8.13. The maximum Gasteiger partial charge on any atom is 0.416 e. The van der Waals surface area contributed by atoms with Crippen LogP contribution in [0.2, 0.25) is 0 Å². The minimum Gasteiger partial charge on any atom is -0.325 e. The summed E-state index contributed by atoms with van der Waals surface area (Å²) in [6.45, 7) is 3.83. The van der Waals surface area contributed by atoms with Crippen molar-refractivity contribution in [2.45, 2.75) is 44.2 Å². The summed E-state index contributed by atoms with van der Waals surface area (Å²) >= 11 is 0. The van der Waals surface area contributed by atoms with Crippen LogP contribution >= 0.6 is 0 Å². The molecule has 2 aliphatic rings. The quantitative estimate of drug-likeness (QED) is 0.804. The summed E-state index contributed by atoms with van der Waals surface area (Å²) in [7, 11) is 0. The molecule has 0 unspecified atom stereocenters. The number of hydrogen-bond acceptors (Lipinski definition) is 5.